The first-order valence-electron chi connectivity index (χ1n) is 7.12. The minimum absolute atomic E-state index is 0.0628. The standard InChI is InChI=1S/C15H12F3N5O2/c1-9-7-11(19-12(24)8-25-10-5-3-2-4-6-10)20-14-21-13(15(16,17)18)22-23(9)14/h2-7H,8H2,1H3,(H,19,20,21,22,24). The summed E-state index contributed by atoms with van der Waals surface area (Å²) in [4.78, 5) is 19.1. The van der Waals surface area contributed by atoms with Gasteiger partial charge < -0.3 is 10.1 Å². The van der Waals surface area contributed by atoms with E-state index in [1.54, 1.807) is 24.3 Å². The maximum atomic E-state index is 12.7. The largest absolute Gasteiger partial charge is 0.484 e. The molecule has 0 saturated carbocycles. The van der Waals surface area contributed by atoms with Gasteiger partial charge in [0.2, 0.25) is 0 Å². The van der Waals surface area contributed by atoms with Gasteiger partial charge in [0.1, 0.15) is 11.6 Å². The van der Waals surface area contributed by atoms with Gasteiger partial charge in [0.05, 0.1) is 0 Å². The topological polar surface area (TPSA) is 81.4 Å². The number of aryl methyl sites for hydroxylation is 1. The molecule has 2 heterocycles. The van der Waals surface area contributed by atoms with Crippen LogP contribution in [0.4, 0.5) is 19.0 Å². The lowest BCUT2D eigenvalue weighted by Gasteiger charge is -2.07. The average Bonchev–Trinajstić information content (AvgIpc) is 2.99. The molecule has 0 fully saturated rings. The molecule has 0 aliphatic heterocycles. The molecule has 1 N–H and O–H groups in total. The number of para-hydroxylation sites is 1. The number of rotatable bonds is 4. The molecule has 0 bridgehead atoms. The van der Waals surface area contributed by atoms with E-state index in [0.29, 0.717) is 11.4 Å². The summed E-state index contributed by atoms with van der Waals surface area (Å²) in [5, 5.41) is 5.82. The quantitative estimate of drug-likeness (QED) is 0.781. The molecule has 7 nitrogen and oxygen atoms in total. The van der Waals surface area contributed by atoms with Gasteiger partial charge >= 0.3 is 6.18 Å². The Morgan fingerprint density at radius 3 is 2.64 bits per heavy atom. The summed E-state index contributed by atoms with van der Waals surface area (Å²) in [6.45, 7) is 1.26. The predicted molar refractivity (Wildman–Crippen MR) is 81.1 cm³/mol. The average molecular weight is 351 g/mol. The summed E-state index contributed by atoms with van der Waals surface area (Å²) < 4.78 is 44.3. The number of amides is 1. The van der Waals surface area contributed by atoms with Crippen LogP contribution in [0.25, 0.3) is 5.78 Å². The Morgan fingerprint density at radius 1 is 1.24 bits per heavy atom. The second-order valence-electron chi connectivity index (χ2n) is 5.08. The van der Waals surface area contributed by atoms with Crippen molar-refractivity contribution in [2.24, 2.45) is 0 Å². The molecule has 0 atom stereocenters. The van der Waals surface area contributed by atoms with Crippen molar-refractivity contribution >= 4 is 17.5 Å². The number of nitrogens with one attached hydrogen (secondary N) is 1. The van der Waals surface area contributed by atoms with Crippen molar-refractivity contribution in [2.75, 3.05) is 11.9 Å². The lowest BCUT2D eigenvalue weighted by atomic mass is 10.3. The van der Waals surface area contributed by atoms with Gasteiger partial charge in [-0.3, -0.25) is 4.79 Å². The van der Waals surface area contributed by atoms with Crippen molar-refractivity contribution in [3.63, 3.8) is 0 Å². The summed E-state index contributed by atoms with van der Waals surface area (Å²) in [5.74, 6) is -1.47. The Morgan fingerprint density at radius 2 is 1.96 bits per heavy atom. The number of hydrogen-bond donors (Lipinski definition) is 1. The predicted octanol–water partition coefficient (Wildman–Crippen LogP) is 2.47. The molecule has 1 aromatic carbocycles. The summed E-state index contributed by atoms with van der Waals surface area (Å²) in [5.41, 5.74) is 0.340. The fraction of sp³-hybridized carbons (Fsp3) is 0.200. The van der Waals surface area contributed by atoms with Gasteiger partial charge in [-0.05, 0) is 19.1 Å². The number of fused-ring (bicyclic) bond motifs is 1. The van der Waals surface area contributed by atoms with Crippen molar-refractivity contribution in [2.45, 2.75) is 13.1 Å². The molecule has 25 heavy (non-hydrogen) atoms. The Bertz CT molecular complexity index is 909. The van der Waals surface area contributed by atoms with Gasteiger partial charge in [-0.2, -0.15) is 23.1 Å². The van der Waals surface area contributed by atoms with Crippen molar-refractivity contribution in [3.05, 3.63) is 47.9 Å². The molecule has 3 rings (SSSR count). The molecule has 10 heteroatoms. The van der Waals surface area contributed by atoms with Gasteiger partial charge in [0, 0.05) is 11.8 Å². The molecule has 3 aromatic rings. The van der Waals surface area contributed by atoms with Crippen LogP contribution in [0.2, 0.25) is 0 Å². The van der Waals surface area contributed by atoms with Gasteiger partial charge in [-0.1, -0.05) is 18.2 Å². The van der Waals surface area contributed by atoms with Crippen molar-refractivity contribution in [3.8, 4) is 5.75 Å². The number of ether oxygens (including phenoxy) is 1. The monoisotopic (exact) mass is 351 g/mol. The normalized spacial score (nSPS) is 11.5. The highest BCUT2D eigenvalue weighted by atomic mass is 19.4. The second-order valence-corrected chi connectivity index (χ2v) is 5.08. The van der Waals surface area contributed by atoms with Crippen LogP contribution in [0.5, 0.6) is 5.75 Å². The molecule has 0 aliphatic carbocycles. The van der Waals surface area contributed by atoms with E-state index in [2.05, 4.69) is 20.4 Å². The zero-order chi connectivity index (χ0) is 18.0. The third kappa shape index (κ3) is 3.84. The Labute approximate surface area is 139 Å². The van der Waals surface area contributed by atoms with Crippen molar-refractivity contribution in [1.29, 1.82) is 0 Å². The minimum Gasteiger partial charge on any atom is -0.484 e. The van der Waals surface area contributed by atoms with Crippen LogP contribution in [-0.4, -0.2) is 32.1 Å². The van der Waals surface area contributed by atoms with E-state index in [-0.39, 0.29) is 18.2 Å². The van der Waals surface area contributed by atoms with Crippen LogP contribution in [-0.2, 0) is 11.0 Å². The summed E-state index contributed by atoms with van der Waals surface area (Å²) >= 11 is 0. The van der Waals surface area contributed by atoms with E-state index >= 15 is 0 Å². The molecule has 0 spiro atoms. The van der Waals surface area contributed by atoms with E-state index in [4.69, 9.17) is 4.74 Å². The lowest BCUT2D eigenvalue weighted by molar-refractivity contribution is -0.144. The number of aromatic nitrogens is 4. The van der Waals surface area contributed by atoms with Gasteiger partial charge in [-0.25, -0.2) is 4.52 Å². The van der Waals surface area contributed by atoms with Crippen molar-refractivity contribution in [1.82, 2.24) is 19.6 Å². The summed E-state index contributed by atoms with van der Waals surface area (Å²) in [6, 6.07) is 10.1. The first-order chi connectivity index (χ1) is 11.8. The minimum atomic E-state index is -4.67. The summed E-state index contributed by atoms with van der Waals surface area (Å²) in [6.07, 6.45) is -4.67. The zero-order valence-corrected chi connectivity index (χ0v) is 12.9. The number of carbonyl (C=O) groups is 1. The SMILES string of the molecule is Cc1cc(NC(=O)COc2ccccc2)nc2nc(C(F)(F)F)nn12. The number of hydrogen-bond acceptors (Lipinski definition) is 5. The highest BCUT2D eigenvalue weighted by molar-refractivity contribution is 5.91. The molecule has 130 valence electrons. The van der Waals surface area contributed by atoms with E-state index in [0.717, 1.165) is 4.52 Å². The maximum absolute atomic E-state index is 12.7. The third-order valence-electron chi connectivity index (χ3n) is 3.12. The lowest BCUT2D eigenvalue weighted by Crippen LogP contribution is -2.21. The molecule has 0 radical (unpaired) electrons. The fourth-order valence-electron chi connectivity index (χ4n) is 2.04. The Balaban J connectivity index is 1.74. The molecule has 0 unspecified atom stereocenters. The number of anilines is 1. The van der Waals surface area contributed by atoms with Crippen LogP contribution >= 0.6 is 0 Å². The van der Waals surface area contributed by atoms with Crippen LogP contribution < -0.4 is 10.1 Å². The Kier molecular flexibility index (Phi) is 4.26. The van der Waals surface area contributed by atoms with Gasteiger partial charge in [0.25, 0.3) is 17.5 Å². The number of halogens is 3. The van der Waals surface area contributed by atoms with E-state index < -0.39 is 17.9 Å². The Hall–Kier alpha value is -3.17. The number of nitrogens with zero attached hydrogens (tertiary/aromatic N) is 4. The first-order valence-corrected chi connectivity index (χ1v) is 7.12. The second kappa shape index (κ2) is 6.38. The van der Waals surface area contributed by atoms with E-state index in [9.17, 15) is 18.0 Å². The number of benzene rings is 1. The van der Waals surface area contributed by atoms with Gasteiger partial charge in [-0.15, -0.1) is 5.10 Å². The van der Waals surface area contributed by atoms with Crippen LogP contribution in [0.3, 0.4) is 0 Å². The van der Waals surface area contributed by atoms with Gasteiger partial charge in [0.15, 0.2) is 6.61 Å². The van der Waals surface area contributed by atoms with E-state index in [1.807, 2.05) is 6.07 Å². The molecular weight excluding hydrogens is 339 g/mol. The summed E-state index contributed by atoms with van der Waals surface area (Å²) in [7, 11) is 0. The highest BCUT2D eigenvalue weighted by Crippen LogP contribution is 2.26. The highest BCUT2D eigenvalue weighted by Gasteiger charge is 2.36. The molecule has 0 saturated heterocycles. The zero-order valence-electron chi connectivity index (χ0n) is 12.9. The van der Waals surface area contributed by atoms with E-state index in [1.165, 1.54) is 13.0 Å². The van der Waals surface area contributed by atoms with Crippen LogP contribution in [0, 0.1) is 6.92 Å². The van der Waals surface area contributed by atoms with Crippen LogP contribution in [0.15, 0.2) is 36.4 Å². The molecule has 1 amide bonds. The molecular formula is C15H12F3N5O2. The maximum Gasteiger partial charge on any atom is 0.453 e. The fourth-order valence-corrected chi connectivity index (χ4v) is 2.04. The smallest absolute Gasteiger partial charge is 0.453 e. The first kappa shape index (κ1) is 16.7. The molecule has 2 aromatic heterocycles. The number of carbonyl (C=O) groups excluding carboxylic acids is 1. The third-order valence-corrected chi connectivity index (χ3v) is 3.12. The number of alkyl halides is 3. The van der Waals surface area contributed by atoms with Crippen LogP contribution in [0.1, 0.15) is 11.5 Å². The molecule has 0 aliphatic rings. The van der Waals surface area contributed by atoms with Crippen molar-refractivity contribution < 1.29 is 22.7 Å².